The molecule has 182 valence electrons. The molecular weight excluding hydrogens is 468 g/mol. The first kappa shape index (κ1) is 24.3. The molecular formula is C26H26N2O6S. The van der Waals surface area contributed by atoms with Gasteiger partial charge in [0.05, 0.1) is 19.2 Å². The summed E-state index contributed by atoms with van der Waals surface area (Å²) in [5.74, 6) is 1.07. The number of carbonyl (C=O) groups excluding carboxylic acids is 1. The quantitative estimate of drug-likeness (QED) is 0.441. The van der Waals surface area contributed by atoms with Gasteiger partial charge in [0.2, 0.25) is 0 Å². The summed E-state index contributed by atoms with van der Waals surface area (Å²) in [6.45, 7) is 2.11. The number of methoxy groups -OCH3 is 1. The van der Waals surface area contributed by atoms with E-state index in [1.54, 1.807) is 79.7 Å². The number of sulfonamides is 1. The highest BCUT2D eigenvalue weighted by molar-refractivity contribution is 7.90. The zero-order chi connectivity index (χ0) is 25.0. The van der Waals surface area contributed by atoms with Crippen molar-refractivity contribution in [3.05, 3.63) is 89.5 Å². The molecule has 1 aliphatic rings. The van der Waals surface area contributed by atoms with Gasteiger partial charge in [-0.1, -0.05) is 29.8 Å². The summed E-state index contributed by atoms with van der Waals surface area (Å²) in [5, 5.41) is 0. The average Bonchev–Trinajstić information content (AvgIpc) is 3.14. The number of ether oxygens (including phenoxy) is 3. The summed E-state index contributed by atoms with van der Waals surface area (Å²) < 4.78 is 45.7. The molecule has 3 aromatic carbocycles. The Morgan fingerprint density at radius 1 is 1.00 bits per heavy atom. The highest BCUT2D eigenvalue weighted by Crippen LogP contribution is 2.27. The molecule has 0 spiro atoms. The first-order valence-electron chi connectivity index (χ1n) is 11.0. The minimum absolute atomic E-state index is 0.0515. The number of benzene rings is 3. The van der Waals surface area contributed by atoms with E-state index < -0.39 is 22.1 Å². The van der Waals surface area contributed by atoms with Crippen LogP contribution in [0.5, 0.6) is 11.5 Å². The van der Waals surface area contributed by atoms with Gasteiger partial charge in [0.25, 0.3) is 10.0 Å². The smallest absolute Gasteiger partial charge is 0.338 e. The summed E-state index contributed by atoms with van der Waals surface area (Å²) in [4.78, 5) is 14.7. The maximum absolute atomic E-state index is 12.9. The zero-order valence-corrected chi connectivity index (χ0v) is 20.5. The topological polar surface area (TPSA) is 94.5 Å². The number of likely N-dealkylation sites (N-methyl/N-ethyl adjacent to an activating group) is 1. The SMILES string of the molecule is COc1ccc(OCC(CN(C)C2=NS(=O)(=O)c3ccccc32)OC(=O)c2cccc(C)c2)cc1. The van der Waals surface area contributed by atoms with E-state index in [0.29, 0.717) is 28.5 Å². The lowest BCUT2D eigenvalue weighted by Crippen LogP contribution is -2.39. The van der Waals surface area contributed by atoms with Crippen LogP contribution in [0.25, 0.3) is 0 Å². The third-order valence-electron chi connectivity index (χ3n) is 5.47. The summed E-state index contributed by atoms with van der Waals surface area (Å²) in [5.41, 5.74) is 1.87. The van der Waals surface area contributed by atoms with Crippen LogP contribution in [0.1, 0.15) is 21.5 Å². The van der Waals surface area contributed by atoms with Gasteiger partial charge in [-0.15, -0.1) is 4.40 Å². The number of hydrogen-bond acceptors (Lipinski definition) is 7. The maximum atomic E-state index is 12.9. The largest absolute Gasteiger partial charge is 0.497 e. The second-order valence-electron chi connectivity index (χ2n) is 8.15. The van der Waals surface area contributed by atoms with Gasteiger partial charge in [-0.2, -0.15) is 8.42 Å². The van der Waals surface area contributed by atoms with Gasteiger partial charge in [-0.25, -0.2) is 4.79 Å². The van der Waals surface area contributed by atoms with Crippen molar-refractivity contribution in [1.29, 1.82) is 0 Å². The van der Waals surface area contributed by atoms with E-state index in [4.69, 9.17) is 14.2 Å². The molecule has 1 unspecified atom stereocenters. The molecule has 0 bridgehead atoms. The van der Waals surface area contributed by atoms with Crippen molar-refractivity contribution in [2.75, 3.05) is 27.3 Å². The molecule has 4 rings (SSSR count). The fourth-order valence-corrected chi connectivity index (χ4v) is 4.98. The Balaban J connectivity index is 1.54. The summed E-state index contributed by atoms with van der Waals surface area (Å²) in [6.07, 6.45) is -0.715. The lowest BCUT2D eigenvalue weighted by atomic mass is 10.1. The monoisotopic (exact) mass is 494 g/mol. The lowest BCUT2D eigenvalue weighted by Gasteiger charge is -2.26. The lowest BCUT2D eigenvalue weighted by molar-refractivity contribution is 0.0130. The van der Waals surface area contributed by atoms with Crippen LogP contribution >= 0.6 is 0 Å². The number of rotatable bonds is 8. The van der Waals surface area contributed by atoms with Crippen LogP contribution in [0.2, 0.25) is 0 Å². The van der Waals surface area contributed by atoms with Crippen LogP contribution in [-0.4, -0.2) is 58.5 Å². The normalized spacial score (nSPS) is 14.4. The summed E-state index contributed by atoms with van der Waals surface area (Å²) in [7, 11) is -0.487. The summed E-state index contributed by atoms with van der Waals surface area (Å²) in [6, 6.07) is 20.8. The van der Waals surface area contributed by atoms with E-state index in [1.807, 2.05) is 13.0 Å². The molecule has 1 atom stereocenters. The summed E-state index contributed by atoms with van der Waals surface area (Å²) >= 11 is 0. The van der Waals surface area contributed by atoms with Gasteiger partial charge in [-0.3, -0.25) is 0 Å². The number of esters is 1. The van der Waals surface area contributed by atoms with Gasteiger partial charge in [0, 0.05) is 12.6 Å². The molecule has 0 fully saturated rings. The van der Waals surface area contributed by atoms with E-state index >= 15 is 0 Å². The fraction of sp³-hybridized carbons (Fsp3) is 0.231. The van der Waals surface area contributed by atoms with Crippen LogP contribution in [0.4, 0.5) is 0 Å². The van der Waals surface area contributed by atoms with Gasteiger partial charge in [-0.05, 0) is 55.5 Å². The third-order valence-corrected chi connectivity index (χ3v) is 6.80. The predicted molar refractivity (Wildman–Crippen MR) is 132 cm³/mol. The first-order chi connectivity index (χ1) is 16.8. The number of hydrogen-bond donors (Lipinski definition) is 0. The number of aryl methyl sites for hydroxylation is 1. The highest BCUT2D eigenvalue weighted by atomic mass is 32.2. The van der Waals surface area contributed by atoms with Crippen molar-refractivity contribution in [3.63, 3.8) is 0 Å². The number of fused-ring (bicyclic) bond motifs is 1. The predicted octanol–water partition coefficient (Wildman–Crippen LogP) is 3.69. The van der Waals surface area contributed by atoms with E-state index in [2.05, 4.69) is 4.40 Å². The van der Waals surface area contributed by atoms with Crippen molar-refractivity contribution in [2.45, 2.75) is 17.9 Å². The highest BCUT2D eigenvalue weighted by Gasteiger charge is 2.32. The number of carbonyl (C=O) groups is 1. The Hall–Kier alpha value is -3.85. The average molecular weight is 495 g/mol. The Labute approximate surface area is 204 Å². The Kier molecular flexibility index (Phi) is 7.07. The molecule has 8 nitrogen and oxygen atoms in total. The molecule has 1 heterocycles. The molecule has 0 amide bonds. The van der Waals surface area contributed by atoms with Gasteiger partial charge in [0.1, 0.15) is 23.0 Å². The minimum atomic E-state index is -3.77. The molecule has 0 saturated carbocycles. The molecule has 0 radical (unpaired) electrons. The minimum Gasteiger partial charge on any atom is -0.497 e. The van der Waals surface area contributed by atoms with E-state index in [1.165, 1.54) is 6.07 Å². The van der Waals surface area contributed by atoms with Crippen LogP contribution in [0.3, 0.4) is 0 Å². The molecule has 1 aliphatic heterocycles. The second kappa shape index (κ2) is 10.2. The van der Waals surface area contributed by atoms with E-state index in [0.717, 1.165) is 5.56 Å². The van der Waals surface area contributed by atoms with Crippen molar-refractivity contribution < 1.29 is 27.4 Å². The fourth-order valence-electron chi connectivity index (χ4n) is 3.73. The van der Waals surface area contributed by atoms with Crippen molar-refractivity contribution in [1.82, 2.24) is 4.90 Å². The van der Waals surface area contributed by atoms with Crippen molar-refractivity contribution in [3.8, 4) is 11.5 Å². The molecule has 0 saturated heterocycles. The molecule has 3 aromatic rings. The Morgan fingerprint density at radius 2 is 1.71 bits per heavy atom. The maximum Gasteiger partial charge on any atom is 0.338 e. The van der Waals surface area contributed by atoms with Gasteiger partial charge < -0.3 is 19.1 Å². The zero-order valence-electron chi connectivity index (χ0n) is 19.7. The van der Waals surface area contributed by atoms with Gasteiger partial charge in [0.15, 0.2) is 11.9 Å². The third kappa shape index (κ3) is 5.63. The van der Waals surface area contributed by atoms with Crippen LogP contribution in [0.15, 0.2) is 82.1 Å². The second-order valence-corrected chi connectivity index (χ2v) is 9.72. The standard InChI is InChI=1S/C26H26N2O6S/c1-18-7-6-8-19(15-18)26(29)34-22(17-33-21-13-11-20(32-3)12-14-21)16-28(2)25-23-9-4-5-10-24(23)35(30,31)27-25/h4-15,22H,16-17H2,1-3H3. The van der Waals surface area contributed by atoms with Crippen LogP contribution in [0, 0.1) is 6.92 Å². The first-order valence-corrected chi connectivity index (χ1v) is 12.4. The Bertz CT molecular complexity index is 1350. The van der Waals surface area contributed by atoms with E-state index in [9.17, 15) is 13.2 Å². The molecule has 35 heavy (non-hydrogen) atoms. The molecule has 0 N–H and O–H groups in total. The van der Waals surface area contributed by atoms with E-state index in [-0.39, 0.29) is 18.0 Å². The molecule has 0 aliphatic carbocycles. The van der Waals surface area contributed by atoms with Crippen molar-refractivity contribution in [2.24, 2.45) is 4.40 Å². The Morgan fingerprint density at radius 3 is 2.43 bits per heavy atom. The molecule has 0 aromatic heterocycles. The van der Waals surface area contributed by atoms with Gasteiger partial charge >= 0.3 is 5.97 Å². The van der Waals surface area contributed by atoms with Crippen molar-refractivity contribution >= 4 is 21.8 Å². The van der Waals surface area contributed by atoms with Crippen LogP contribution in [-0.2, 0) is 14.8 Å². The number of nitrogens with zero attached hydrogens (tertiary/aromatic N) is 2. The number of amidine groups is 1. The van der Waals surface area contributed by atoms with Crippen LogP contribution < -0.4 is 9.47 Å². The molecule has 9 heteroatoms.